The molecule has 1 aliphatic heterocycles. The zero-order valence-electron chi connectivity index (χ0n) is 10.5. The van der Waals surface area contributed by atoms with Crippen molar-refractivity contribution in [3.63, 3.8) is 0 Å². The second-order valence-corrected chi connectivity index (χ2v) is 5.69. The van der Waals surface area contributed by atoms with E-state index in [1.54, 1.807) is 35.6 Å². The fraction of sp³-hybridized carbons (Fsp3) is 0.200. The van der Waals surface area contributed by atoms with Crippen LogP contribution in [0.3, 0.4) is 0 Å². The van der Waals surface area contributed by atoms with Crippen molar-refractivity contribution in [3.8, 4) is 0 Å². The third kappa shape index (κ3) is 1.98. The standard InChI is InChI=1S/C15H13NO2S/c1-10(9-11-5-4-8-19-11)16-14(17)12-6-2-3-7-13(12)15(16)18/h2-8,10H,9H2,1H3/t10-/m1/s1. The van der Waals surface area contributed by atoms with Gasteiger partial charge in [-0.2, -0.15) is 0 Å². The number of benzene rings is 1. The SMILES string of the molecule is C[C@H](Cc1cccs1)N1C(=O)c2ccccc2C1=O. The molecule has 3 nitrogen and oxygen atoms in total. The maximum atomic E-state index is 12.3. The lowest BCUT2D eigenvalue weighted by atomic mass is 10.1. The van der Waals surface area contributed by atoms with Crippen molar-refractivity contribution in [2.75, 3.05) is 0 Å². The number of hydrogen-bond acceptors (Lipinski definition) is 3. The van der Waals surface area contributed by atoms with Gasteiger partial charge >= 0.3 is 0 Å². The molecule has 1 aliphatic rings. The first-order valence-electron chi connectivity index (χ1n) is 6.18. The Morgan fingerprint density at radius 2 is 1.68 bits per heavy atom. The van der Waals surface area contributed by atoms with Gasteiger partial charge in [0.25, 0.3) is 11.8 Å². The zero-order chi connectivity index (χ0) is 13.4. The van der Waals surface area contributed by atoms with Crippen LogP contribution in [0.4, 0.5) is 0 Å². The highest BCUT2D eigenvalue weighted by Crippen LogP contribution is 2.26. The van der Waals surface area contributed by atoms with Gasteiger partial charge in [0.1, 0.15) is 0 Å². The van der Waals surface area contributed by atoms with E-state index in [0.29, 0.717) is 17.5 Å². The molecule has 1 atom stereocenters. The van der Waals surface area contributed by atoms with Crippen LogP contribution >= 0.6 is 11.3 Å². The highest BCUT2D eigenvalue weighted by atomic mass is 32.1. The van der Waals surface area contributed by atoms with Gasteiger partial charge in [-0.3, -0.25) is 14.5 Å². The second-order valence-electron chi connectivity index (χ2n) is 4.66. The lowest BCUT2D eigenvalue weighted by Crippen LogP contribution is -2.39. The summed E-state index contributed by atoms with van der Waals surface area (Å²) < 4.78 is 0. The molecule has 0 saturated carbocycles. The van der Waals surface area contributed by atoms with Crippen LogP contribution in [-0.2, 0) is 6.42 Å². The lowest BCUT2D eigenvalue weighted by molar-refractivity contribution is 0.0597. The summed E-state index contributed by atoms with van der Waals surface area (Å²) >= 11 is 1.65. The van der Waals surface area contributed by atoms with Gasteiger partial charge in [-0.05, 0) is 30.5 Å². The maximum Gasteiger partial charge on any atom is 0.261 e. The van der Waals surface area contributed by atoms with E-state index in [0.717, 1.165) is 0 Å². The van der Waals surface area contributed by atoms with Gasteiger partial charge in [0, 0.05) is 17.3 Å². The van der Waals surface area contributed by atoms with Crippen molar-refractivity contribution in [2.45, 2.75) is 19.4 Å². The van der Waals surface area contributed by atoms with Crippen molar-refractivity contribution in [1.82, 2.24) is 4.90 Å². The summed E-state index contributed by atoms with van der Waals surface area (Å²) in [6, 6.07) is 10.9. The Hall–Kier alpha value is -1.94. The quantitative estimate of drug-likeness (QED) is 0.805. The fourth-order valence-corrected chi connectivity index (χ4v) is 3.25. The molecular formula is C15H13NO2S. The molecular weight excluding hydrogens is 258 g/mol. The van der Waals surface area contributed by atoms with E-state index in [-0.39, 0.29) is 17.9 Å². The van der Waals surface area contributed by atoms with Crippen molar-refractivity contribution in [3.05, 3.63) is 57.8 Å². The molecule has 0 unspecified atom stereocenters. The molecule has 0 bridgehead atoms. The largest absolute Gasteiger partial charge is 0.271 e. The molecule has 0 radical (unpaired) electrons. The zero-order valence-corrected chi connectivity index (χ0v) is 11.3. The van der Waals surface area contributed by atoms with Gasteiger partial charge in [-0.1, -0.05) is 18.2 Å². The van der Waals surface area contributed by atoms with E-state index in [2.05, 4.69) is 0 Å². The number of nitrogens with zero attached hydrogens (tertiary/aromatic N) is 1. The number of hydrogen-bond donors (Lipinski definition) is 0. The molecule has 2 amide bonds. The van der Waals surface area contributed by atoms with E-state index in [4.69, 9.17) is 0 Å². The Kier molecular flexibility index (Phi) is 2.95. The minimum atomic E-state index is -0.176. The van der Waals surface area contributed by atoms with Gasteiger partial charge in [0.05, 0.1) is 11.1 Å². The summed E-state index contributed by atoms with van der Waals surface area (Å²) in [5, 5.41) is 2.00. The predicted molar refractivity (Wildman–Crippen MR) is 74.4 cm³/mol. The summed E-state index contributed by atoms with van der Waals surface area (Å²) in [6.45, 7) is 1.92. The second kappa shape index (κ2) is 4.63. The minimum Gasteiger partial charge on any atom is -0.271 e. The highest BCUT2D eigenvalue weighted by molar-refractivity contribution is 7.09. The van der Waals surface area contributed by atoms with Crippen LogP contribution in [0.5, 0.6) is 0 Å². The molecule has 0 aliphatic carbocycles. The predicted octanol–water partition coefficient (Wildman–Crippen LogP) is 2.98. The molecule has 1 aromatic heterocycles. The van der Waals surface area contributed by atoms with Crippen molar-refractivity contribution in [1.29, 1.82) is 0 Å². The molecule has 2 heterocycles. The topological polar surface area (TPSA) is 37.4 Å². The summed E-state index contributed by atoms with van der Waals surface area (Å²) in [5.41, 5.74) is 1.04. The number of carbonyl (C=O) groups excluding carboxylic acids is 2. The van der Waals surface area contributed by atoms with Crippen LogP contribution in [0.25, 0.3) is 0 Å². The number of imide groups is 1. The molecule has 1 aromatic carbocycles. The Labute approximate surface area is 115 Å². The first-order chi connectivity index (χ1) is 9.18. The Balaban J connectivity index is 1.87. The van der Waals surface area contributed by atoms with Crippen LogP contribution in [0, 0.1) is 0 Å². The van der Waals surface area contributed by atoms with E-state index in [1.165, 1.54) is 9.78 Å². The number of carbonyl (C=O) groups is 2. The number of thiophene rings is 1. The molecule has 0 spiro atoms. The minimum absolute atomic E-state index is 0.119. The monoisotopic (exact) mass is 271 g/mol. The molecule has 19 heavy (non-hydrogen) atoms. The molecule has 0 saturated heterocycles. The van der Waals surface area contributed by atoms with Gasteiger partial charge < -0.3 is 0 Å². The van der Waals surface area contributed by atoms with Gasteiger partial charge in [-0.15, -0.1) is 11.3 Å². The summed E-state index contributed by atoms with van der Waals surface area (Å²) in [7, 11) is 0. The normalized spacial score (nSPS) is 15.7. The molecule has 0 fully saturated rings. The van der Waals surface area contributed by atoms with Crippen LogP contribution in [0.1, 0.15) is 32.5 Å². The third-order valence-electron chi connectivity index (χ3n) is 3.34. The Bertz CT molecular complexity index is 598. The average molecular weight is 271 g/mol. The van der Waals surface area contributed by atoms with Crippen LogP contribution in [0.15, 0.2) is 41.8 Å². The van der Waals surface area contributed by atoms with Gasteiger partial charge in [0.2, 0.25) is 0 Å². The van der Waals surface area contributed by atoms with Crippen molar-refractivity contribution >= 4 is 23.2 Å². The van der Waals surface area contributed by atoms with E-state index < -0.39 is 0 Å². The maximum absolute atomic E-state index is 12.3. The summed E-state index contributed by atoms with van der Waals surface area (Å²) in [6.07, 6.45) is 0.711. The van der Waals surface area contributed by atoms with Crippen LogP contribution < -0.4 is 0 Å². The van der Waals surface area contributed by atoms with Gasteiger partial charge in [-0.25, -0.2) is 0 Å². The Morgan fingerprint density at radius 1 is 1.05 bits per heavy atom. The third-order valence-corrected chi connectivity index (χ3v) is 4.24. The highest BCUT2D eigenvalue weighted by Gasteiger charge is 2.37. The summed E-state index contributed by atoms with van der Waals surface area (Å²) in [4.78, 5) is 27.1. The molecule has 2 aromatic rings. The molecule has 0 N–H and O–H groups in total. The fourth-order valence-electron chi connectivity index (χ4n) is 2.42. The average Bonchev–Trinajstić information content (AvgIpc) is 2.99. The van der Waals surface area contributed by atoms with Crippen LogP contribution in [-0.4, -0.2) is 22.8 Å². The van der Waals surface area contributed by atoms with E-state index >= 15 is 0 Å². The summed E-state index contributed by atoms with van der Waals surface area (Å²) in [5.74, 6) is -0.352. The Morgan fingerprint density at radius 3 is 2.21 bits per heavy atom. The van der Waals surface area contributed by atoms with Crippen molar-refractivity contribution < 1.29 is 9.59 Å². The smallest absolute Gasteiger partial charge is 0.261 e. The van der Waals surface area contributed by atoms with Gasteiger partial charge in [0.15, 0.2) is 0 Å². The van der Waals surface area contributed by atoms with E-state index in [9.17, 15) is 9.59 Å². The first-order valence-corrected chi connectivity index (χ1v) is 7.05. The van der Waals surface area contributed by atoms with E-state index in [1.807, 2.05) is 24.4 Å². The molecule has 4 heteroatoms. The number of rotatable bonds is 3. The number of fused-ring (bicyclic) bond motifs is 1. The first kappa shape index (κ1) is 12.1. The van der Waals surface area contributed by atoms with Crippen LogP contribution in [0.2, 0.25) is 0 Å². The van der Waals surface area contributed by atoms with Crippen molar-refractivity contribution in [2.24, 2.45) is 0 Å². The molecule has 3 rings (SSSR count). The molecule has 96 valence electrons. The lowest BCUT2D eigenvalue weighted by Gasteiger charge is -2.21. The number of amides is 2.